The van der Waals surface area contributed by atoms with E-state index < -0.39 is 0 Å². The van der Waals surface area contributed by atoms with Crippen molar-refractivity contribution in [3.05, 3.63) is 59.7 Å². The highest BCUT2D eigenvalue weighted by Gasteiger charge is 2.24. The van der Waals surface area contributed by atoms with Gasteiger partial charge in [-0.15, -0.1) is 0 Å². The van der Waals surface area contributed by atoms with E-state index in [1.807, 2.05) is 29.2 Å². The van der Waals surface area contributed by atoms with Gasteiger partial charge in [0.25, 0.3) is 5.91 Å². The zero-order chi connectivity index (χ0) is 15.4. The number of H-pyrrole nitrogens is 1. The first-order valence-electron chi connectivity index (χ1n) is 7.90. The Kier molecular flexibility index (Phi) is 4.56. The van der Waals surface area contributed by atoms with Gasteiger partial charge < -0.3 is 9.88 Å². The second kappa shape index (κ2) is 6.77. The van der Waals surface area contributed by atoms with Gasteiger partial charge in [0.05, 0.1) is 0 Å². The van der Waals surface area contributed by atoms with Gasteiger partial charge in [-0.05, 0) is 55.4 Å². The lowest BCUT2D eigenvalue weighted by atomic mass is 9.91. The minimum atomic E-state index is -0.127. The van der Waals surface area contributed by atoms with Crippen LogP contribution in [0.25, 0.3) is 0 Å². The van der Waals surface area contributed by atoms with Crippen molar-refractivity contribution in [3.8, 4) is 0 Å². The Hall–Kier alpha value is -2.10. The minimum absolute atomic E-state index is 0.0700. The molecule has 0 radical (unpaired) electrons. The second-order valence-electron chi connectivity index (χ2n) is 5.97. The molecule has 4 heteroatoms. The van der Waals surface area contributed by atoms with Crippen molar-refractivity contribution in [1.82, 2.24) is 9.88 Å². The van der Waals surface area contributed by atoms with E-state index in [0.29, 0.717) is 11.6 Å². The van der Waals surface area contributed by atoms with Crippen LogP contribution in [-0.2, 0) is 6.42 Å². The van der Waals surface area contributed by atoms with Gasteiger partial charge in [0.2, 0.25) is 0 Å². The van der Waals surface area contributed by atoms with Crippen molar-refractivity contribution in [2.24, 2.45) is 5.92 Å². The average molecular weight is 300 g/mol. The van der Waals surface area contributed by atoms with E-state index in [-0.39, 0.29) is 11.7 Å². The number of piperidine rings is 1. The maximum Gasteiger partial charge on any atom is 0.270 e. The summed E-state index contributed by atoms with van der Waals surface area (Å²) < 4.78 is 13.7. The zero-order valence-electron chi connectivity index (χ0n) is 12.6. The summed E-state index contributed by atoms with van der Waals surface area (Å²) in [6.45, 7) is 1.58. The van der Waals surface area contributed by atoms with E-state index in [2.05, 4.69) is 4.98 Å². The summed E-state index contributed by atoms with van der Waals surface area (Å²) in [5.74, 6) is 0.394. The number of aromatic amines is 1. The summed E-state index contributed by atoms with van der Waals surface area (Å²) in [5, 5.41) is 0. The molecular weight excluding hydrogens is 279 g/mol. The van der Waals surface area contributed by atoms with Crippen LogP contribution >= 0.6 is 0 Å². The number of rotatable bonds is 4. The number of amides is 1. The molecule has 1 atom stereocenters. The number of nitrogens with one attached hydrogen (secondary N) is 1. The number of halogens is 1. The van der Waals surface area contributed by atoms with Gasteiger partial charge in [-0.2, -0.15) is 0 Å². The fourth-order valence-corrected chi connectivity index (χ4v) is 3.18. The van der Waals surface area contributed by atoms with Gasteiger partial charge in [0, 0.05) is 19.3 Å². The van der Waals surface area contributed by atoms with E-state index in [1.54, 1.807) is 12.3 Å². The molecule has 1 aliphatic rings. The summed E-state index contributed by atoms with van der Waals surface area (Å²) in [6.07, 6.45) is 5.57. The summed E-state index contributed by atoms with van der Waals surface area (Å²) in [4.78, 5) is 17.3. The van der Waals surface area contributed by atoms with Gasteiger partial charge in [-0.3, -0.25) is 4.79 Å². The smallest absolute Gasteiger partial charge is 0.270 e. The average Bonchev–Trinajstić information content (AvgIpc) is 3.08. The second-order valence-corrected chi connectivity index (χ2v) is 5.97. The Morgan fingerprint density at radius 1 is 1.27 bits per heavy atom. The lowest BCUT2D eigenvalue weighted by Crippen LogP contribution is -2.40. The number of hydrogen-bond donors (Lipinski definition) is 1. The van der Waals surface area contributed by atoms with Gasteiger partial charge in [0.15, 0.2) is 0 Å². The van der Waals surface area contributed by atoms with Crippen LogP contribution in [0, 0.1) is 11.7 Å². The number of hydrogen-bond acceptors (Lipinski definition) is 1. The lowest BCUT2D eigenvalue weighted by molar-refractivity contribution is 0.0663. The van der Waals surface area contributed by atoms with Crippen molar-refractivity contribution in [3.63, 3.8) is 0 Å². The molecule has 1 aliphatic heterocycles. The highest BCUT2D eigenvalue weighted by molar-refractivity contribution is 5.92. The molecule has 3 nitrogen and oxygen atoms in total. The molecule has 3 rings (SSSR count). The lowest BCUT2D eigenvalue weighted by Gasteiger charge is -2.32. The van der Waals surface area contributed by atoms with Crippen molar-refractivity contribution < 1.29 is 9.18 Å². The fraction of sp³-hybridized carbons (Fsp3) is 0.389. The molecule has 1 aromatic heterocycles. The van der Waals surface area contributed by atoms with Crippen LogP contribution in [0.1, 0.15) is 35.3 Å². The highest BCUT2D eigenvalue weighted by atomic mass is 19.1. The van der Waals surface area contributed by atoms with Crippen LogP contribution in [0.5, 0.6) is 0 Å². The molecule has 1 amide bonds. The number of nitrogens with zero attached hydrogens (tertiary/aromatic N) is 1. The molecule has 22 heavy (non-hydrogen) atoms. The molecular formula is C18H21FN2O. The fourth-order valence-electron chi connectivity index (χ4n) is 3.18. The third kappa shape index (κ3) is 3.38. The first kappa shape index (κ1) is 14.8. The monoisotopic (exact) mass is 300 g/mol. The van der Waals surface area contributed by atoms with Gasteiger partial charge in [-0.25, -0.2) is 4.39 Å². The Balaban J connectivity index is 1.57. The summed E-state index contributed by atoms with van der Waals surface area (Å²) >= 11 is 0. The van der Waals surface area contributed by atoms with E-state index in [0.717, 1.165) is 44.3 Å². The van der Waals surface area contributed by atoms with Gasteiger partial charge >= 0.3 is 0 Å². The molecule has 0 saturated carbocycles. The van der Waals surface area contributed by atoms with Gasteiger partial charge in [0.1, 0.15) is 11.5 Å². The third-order valence-corrected chi connectivity index (χ3v) is 4.41. The van der Waals surface area contributed by atoms with E-state index in [1.165, 1.54) is 6.07 Å². The van der Waals surface area contributed by atoms with Crippen LogP contribution in [-0.4, -0.2) is 28.9 Å². The number of carbonyl (C=O) groups is 1. The molecule has 116 valence electrons. The van der Waals surface area contributed by atoms with Crippen molar-refractivity contribution in [1.29, 1.82) is 0 Å². The Bertz CT molecular complexity index is 624. The Morgan fingerprint density at radius 2 is 2.14 bits per heavy atom. The number of carbonyl (C=O) groups excluding carboxylic acids is 1. The van der Waals surface area contributed by atoms with Crippen LogP contribution < -0.4 is 0 Å². The predicted octanol–water partition coefficient (Wildman–Crippen LogP) is 3.64. The van der Waals surface area contributed by atoms with Crippen molar-refractivity contribution in [2.45, 2.75) is 25.7 Å². The van der Waals surface area contributed by atoms with E-state index in [4.69, 9.17) is 0 Å². The first-order chi connectivity index (χ1) is 10.7. The predicted molar refractivity (Wildman–Crippen MR) is 84.1 cm³/mol. The molecule has 1 aromatic carbocycles. The number of aryl methyl sites for hydroxylation is 1. The van der Waals surface area contributed by atoms with Gasteiger partial charge in [-0.1, -0.05) is 18.2 Å². The molecule has 0 aliphatic carbocycles. The highest BCUT2D eigenvalue weighted by Crippen LogP contribution is 2.23. The van der Waals surface area contributed by atoms with E-state index in [9.17, 15) is 9.18 Å². The summed E-state index contributed by atoms with van der Waals surface area (Å²) in [7, 11) is 0. The van der Waals surface area contributed by atoms with Crippen molar-refractivity contribution >= 4 is 5.91 Å². The summed E-state index contributed by atoms with van der Waals surface area (Å²) in [6, 6.07) is 10.6. The van der Waals surface area contributed by atoms with Crippen LogP contribution in [0.4, 0.5) is 4.39 Å². The Morgan fingerprint density at radius 3 is 2.91 bits per heavy atom. The maximum absolute atomic E-state index is 13.7. The summed E-state index contributed by atoms with van der Waals surface area (Å²) in [5.41, 5.74) is 1.42. The molecule has 0 bridgehead atoms. The maximum atomic E-state index is 13.7. The Labute approximate surface area is 130 Å². The van der Waals surface area contributed by atoms with Crippen LogP contribution in [0.3, 0.4) is 0 Å². The molecule has 1 saturated heterocycles. The molecule has 1 fully saturated rings. The molecule has 1 N–H and O–H groups in total. The molecule has 0 spiro atoms. The number of likely N-dealkylation sites (tertiary alicyclic amines) is 1. The zero-order valence-corrected chi connectivity index (χ0v) is 12.6. The van der Waals surface area contributed by atoms with Crippen molar-refractivity contribution in [2.75, 3.05) is 13.1 Å². The van der Waals surface area contributed by atoms with Crippen LogP contribution in [0.2, 0.25) is 0 Å². The minimum Gasteiger partial charge on any atom is -0.357 e. The molecule has 2 heterocycles. The largest absolute Gasteiger partial charge is 0.357 e. The van der Waals surface area contributed by atoms with E-state index >= 15 is 0 Å². The first-order valence-corrected chi connectivity index (χ1v) is 7.90. The standard InChI is InChI=1S/C18H21FN2O/c19-16-7-2-1-6-15(16)10-9-14-5-4-12-21(13-14)18(22)17-8-3-11-20-17/h1-3,6-8,11,14,20H,4-5,9-10,12-13H2/t14-/m0/s1. The SMILES string of the molecule is O=C(c1ccc[nH]1)N1CCC[C@@H](CCc2ccccc2F)C1. The topological polar surface area (TPSA) is 36.1 Å². The number of aromatic nitrogens is 1. The van der Waals surface area contributed by atoms with Crippen LogP contribution in [0.15, 0.2) is 42.6 Å². The third-order valence-electron chi connectivity index (χ3n) is 4.41. The normalized spacial score (nSPS) is 18.4. The number of benzene rings is 1. The molecule has 2 aromatic rings. The quantitative estimate of drug-likeness (QED) is 0.919. The molecule has 0 unspecified atom stereocenters.